The lowest BCUT2D eigenvalue weighted by atomic mass is 9.91. The van der Waals surface area contributed by atoms with Crippen molar-refractivity contribution in [2.45, 2.75) is 36.7 Å². The molecule has 10 heteroatoms. The summed E-state index contributed by atoms with van der Waals surface area (Å²) >= 11 is 2.97. The second-order valence-electron chi connectivity index (χ2n) is 6.89. The lowest BCUT2D eigenvalue weighted by molar-refractivity contribution is -0.0392. The first-order valence-corrected chi connectivity index (χ1v) is 11.1. The Kier molecular flexibility index (Phi) is 5.63. The minimum Gasteiger partial charge on any atom is -0.388 e. The van der Waals surface area contributed by atoms with Crippen LogP contribution >= 0.6 is 23.1 Å². The van der Waals surface area contributed by atoms with Crippen molar-refractivity contribution in [2.24, 2.45) is 0 Å². The first-order chi connectivity index (χ1) is 13.5. The zero-order chi connectivity index (χ0) is 19.6. The van der Waals surface area contributed by atoms with Gasteiger partial charge in [-0.15, -0.1) is 16.4 Å². The van der Waals surface area contributed by atoms with Crippen LogP contribution in [0.1, 0.15) is 18.4 Å². The Balaban J connectivity index is 1.36. The van der Waals surface area contributed by atoms with Gasteiger partial charge in [-0.3, -0.25) is 4.90 Å². The molecular formula is C18H21N5O3S2. The first kappa shape index (κ1) is 19.3. The molecule has 0 radical (unpaired) electrons. The maximum atomic E-state index is 12.1. The molecule has 1 fully saturated rings. The molecule has 8 nitrogen and oxygen atoms in total. The largest absolute Gasteiger partial charge is 0.437 e. The van der Waals surface area contributed by atoms with Crippen LogP contribution in [0.5, 0.6) is 0 Å². The number of aromatic nitrogens is 4. The molecule has 4 rings (SSSR count). The third kappa shape index (κ3) is 4.35. The van der Waals surface area contributed by atoms with E-state index in [0.717, 1.165) is 35.2 Å². The van der Waals surface area contributed by atoms with Gasteiger partial charge >= 0.3 is 5.76 Å². The van der Waals surface area contributed by atoms with Crippen LogP contribution in [-0.4, -0.2) is 54.7 Å². The van der Waals surface area contributed by atoms with Gasteiger partial charge in [-0.2, -0.15) is 4.68 Å². The molecule has 3 aromatic heterocycles. The van der Waals surface area contributed by atoms with Gasteiger partial charge in [0.15, 0.2) is 5.16 Å². The van der Waals surface area contributed by atoms with Crippen molar-refractivity contribution in [1.82, 2.24) is 24.6 Å². The van der Waals surface area contributed by atoms with Crippen molar-refractivity contribution in [3.8, 4) is 10.8 Å². The summed E-state index contributed by atoms with van der Waals surface area (Å²) in [5, 5.41) is 17.9. The molecule has 1 aliphatic heterocycles. The Morgan fingerprint density at radius 3 is 2.71 bits per heavy atom. The monoisotopic (exact) mass is 419 g/mol. The number of hydrogen-bond donors (Lipinski definition) is 1. The van der Waals surface area contributed by atoms with Crippen LogP contribution in [-0.2, 0) is 13.1 Å². The highest BCUT2D eigenvalue weighted by Gasteiger charge is 2.34. The van der Waals surface area contributed by atoms with Crippen molar-refractivity contribution in [1.29, 1.82) is 0 Å². The smallest absolute Gasteiger partial charge is 0.388 e. The normalized spacial score (nSPS) is 17.1. The number of nitrogens with zero attached hydrogens (tertiary/aromatic N) is 5. The molecule has 0 aromatic carbocycles. The molecule has 1 saturated heterocycles. The molecule has 28 heavy (non-hydrogen) atoms. The van der Waals surface area contributed by atoms with Gasteiger partial charge in [0.25, 0.3) is 5.89 Å². The van der Waals surface area contributed by atoms with Crippen molar-refractivity contribution in [2.75, 3.05) is 19.3 Å². The van der Waals surface area contributed by atoms with E-state index in [2.05, 4.69) is 20.0 Å². The van der Waals surface area contributed by atoms with E-state index in [1.807, 2.05) is 36.2 Å². The van der Waals surface area contributed by atoms with Crippen molar-refractivity contribution in [3.63, 3.8) is 0 Å². The van der Waals surface area contributed by atoms with Crippen LogP contribution in [0.2, 0.25) is 0 Å². The molecule has 148 valence electrons. The standard InChI is InChI=1S/C18H21N5O3S2/c1-27-16-19-9-13(10-20-16)11-22-6-4-18(25,5-7-22)12-23-17(24)26-15(21-23)14-3-2-8-28-14/h2-3,8-10,25H,4-7,11-12H2,1H3. The van der Waals surface area contributed by atoms with Crippen molar-refractivity contribution < 1.29 is 9.52 Å². The van der Waals surface area contributed by atoms with Gasteiger partial charge in [0, 0.05) is 37.6 Å². The summed E-state index contributed by atoms with van der Waals surface area (Å²) in [4.78, 5) is 23.8. The fourth-order valence-electron chi connectivity index (χ4n) is 3.26. The van der Waals surface area contributed by atoms with Gasteiger partial charge < -0.3 is 9.52 Å². The minimum atomic E-state index is -0.969. The van der Waals surface area contributed by atoms with Crippen LogP contribution in [0.3, 0.4) is 0 Å². The van der Waals surface area contributed by atoms with E-state index in [1.165, 1.54) is 27.8 Å². The SMILES string of the molecule is CSc1ncc(CN2CCC(O)(Cn3nc(-c4cccs4)oc3=O)CC2)cn1. The Morgan fingerprint density at radius 2 is 2.07 bits per heavy atom. The summed E-state index contributed by atoms with van der Waals surface area (Å²) in [6, 6.07) is 3.73. The lowest BCUT2D eigenvalue weighted by Gasteiger charge is -2.37. The van der Waals surface area contributed by atoms with Gasteiger partial charge in [-0.25, -0.2) is 14.8 Å². The Hall–Kier alpha value is -2.01. The summed E-state index contributed by atoms with van der Waals surface area (Å²) in [7, 11) is 0. The molecule has 0 aliphatic carbocycles. The zero-order valence-electron chi connectivity index (χ0n) is 15.4. The molecule has 1 N–H and O–H groups in total. The number of rotatable bonds is 6. The van der Waals surface area contributed by atoms with Crippen LogP contribution in [0.4, 0.5) is 0 Å². The Bertz CT molecular complexity index is 960. The van der Waals surface area contributed by atoms with Gasteiger partial charge in [0.05, 0.1) is 17.0 Å². The maximum absolute atomic E-state index is 12.1. The molecule has 0 amide bonds. The summed E-state index contributed by atoms with van der Waals surface area (Å²) < 4.78 is 6.47. The molecule has 0 saturated carbocycles. The van der Waals surface area contributed by atoms with E-state index in [4.69, 9.17) is 4.42 Å². The fourth-order valence-corrected chi connectivity index (χ4v) is 4.22. The van der Waals surface area contributed by atoms with Gasteiger partial charge in [-0.05, 0) is 30.5 Å². The van der Waals surface area contributed by atoms with Gasteiger partial charge in [0.2, 0.25) is 0 Å². The fraction of sp³-hybridized carbons (Fsp3) is 0.444. The summed E-state index contributed by atoms with van der Waals surface area (Å²) in [5.41, 5.74) is 0.0832. The molecule has 0 spiro atoms. The molecule has 0 atom stereocenters. The molecule has 0 bridgehead atoms. The average Bonchev–Trinajstić information content (AvgIpc) is 3.35. The third-order valence-corrected chi connectivity index (χ3v) is 6.27. The van der Waals surface area contributed by atoms with E-state index >= 15 is 0 Å². The molecule has 3 aromatic rings. The number of piperidine rings is 1. The predicted octanol–water partition coefficient (Wildman–Crippen LogP) is 2.10. The number of aliphatic hydroxyl groups is 1. The summed E-state index contributed by atoms with van der Waals surface area (Å²) in [6.45, 7) is 2.34. The quantitative estimate of drug-likeness (QED) is 0.479. The zero-order valence-corrected chi connectivity index (χ0v) is 17.1. The lowest BCUT2D eigenvalue weighted by Crippen LogP contribution is -2.47. The maximum Gasteiger partial charge on any atom is 0.437 e. The third-order valence-electron chi connectivity index (χ3n) is 4.84. The van der Waals surface area contributed by atoms with Gasteiger partial charge in [0.1, 0.15) is 0 Å². The molecule has 1 aliphatic rings. The molecule has 4 heterocycles. The Morgan fingerprint density at radius 1 is 1.32 bits per heavy atom. The minimum absolute atomic E-state index is 0.139. The van der Waals surface area contributed by atoms with E-state index in [-0.39, 0.29) is 6.54 Å². The summed E-state index contributed by atoms with van der Waals surface area (Å²) in [5.74, 6) is -0.236. The second-order valence-corrected chi connectivity index (χ2v) is 8.61. The average molecular weight is 420 g/mol. The highest BCUT2D eigenvalue weighted by molar-refractivity contribution is 7.98. The second kappa shape index (κ2) is 8.16. The van der Waals surface area contributed by atoms with Crippen molar-refractivity contribution >= 4 is 23.1 Å². The highest BCUT2D eigenvalue weighted by Crippen LogP contribution is 2.26. The number of likely N-dealkylation sites (tertiary alicyclic amines) is 1. The highest BCUT2D eigenvalue weighted by atomic mass is 32.2. The van der Waals surface area contributed by atoms with Crippen LogP contribution < -0.4 is 5.76 Å². The van der Waals surface area contributed by atoms with Gasteiger partial charge in [-0.1, -0.05) is 17.8 Å². The first-order valence-electron chi connectivity index (χ1n) is 8.96. The topological polar surface area (TPSA) is 97.3 Å². The predicted molar refractivity (Wildman–Crippen MR) is 107 cm³/mol. The van der Waals surface area contributed by atoms with E-state index in [9.17, 15) is 9.90 Å². The van der Waals surface area contributed by atoms with Crippen LogP contribution in [0, 0.1) is 0 Å². The van der Waals surface area contributed by atoms with E-state index in [1.54, 1.807) is 0 Å². The summed E-state index contributed by atoms with van der Waals surface area (Å²) in [6.07, 6.45) is 6.76. The van der Waals surface area contributed by atoms with E-state index in [0.29, 0.717) is 18.7 Å². The molecule has 0 unspecified atom stereocenters. The van der Waals surface area contributed by atoms with E-state index < -0.39 is 11.4 Å². The van der Waals surface area contributed by atoms with Crippen molar-refractivity contribution in [3.05, 3.63) is 46.0 Å². The Labute approximate surface area is 170 Å². The van der Waals surface area contributed by atoms with Crippen LogP contribution in [0.25, 0.3) is 10.8 Å². The van der Waals surface area contributed by atoms with Crippen LogP contribution in [0.15, 0.2) is 44.3 Å². The molecular weight excluding hydrogens is 398 g/mol. The number of thiophene rings is 1. The number of hydrogen-bond acceptors (Lipinski definition) is 9. The number of thioether (sulfide) groups is 1.